The molecule has 0 aromatic carbocycles. The van der Waals surface area contributed by atoms with Crippen LogP contribution in [0, 0.1) is 6.92 Å². The summed E-state index contributed by atoms with van der Waals surface area (Å²) in [7, 11) is 1.61. The normalized spacial score (nSPS) is 11.4. The molecule has 1 aromatic rings. The molecule has 0 saturated heterocycles. The van der Waals surface area contributed by atoms with Crippen LogP contribution in [0.3, 0.4) is 0 Å². The Hall–Kier alpha value is -1.36. The Morgan fingerprint density at radius 2 is 2.00 bits per heavy atom. The average molecular weight is 238 g/mol. The standard InChI is InChI=1S/C12H22N4O/c1-5-12(6-2,7-13)16-10-9(3)11(17-4)15-8-14-10/h8H,5-7,13H2,1-4H3,(H,14,15,16). The van der Waals surface area contributed by atoms with Gasteiger partial charge in [-0.3, -0.25) is 0 Å². The van der Waals surface area contributed by atoms with Gasteiger partial charge in [0.05, 0.1) is 18.2 Å². The fourth-order valence-corrected chi connectivity index (χ4v) is 1.78. The summed E-state index contributed by atoms with van der Waals surface area (Å²) in [5, 5.41) is 3.43. The van der Waals surface area contributed by atoms with Crippen LogP contribution in [-0.4, -0.2) is 29.2 Å². The van der Waals surface area contributed by atoms with Crippen LogP contribution >= 0.6 is 0 Å². The first-order valence-electron chi connectivity index (χ1n) is 5.96. The highest BCUT2D eigenvalue weighted by Crippen LogP contribution is 2.25. The number of hydrogen-bond acceptors (Lipinski definition) is 5. The van der Waals surface area contributed by atoms with Crippen molar-refractivity contribution in [1.29, 1.82) is 0 Å². The maximum Gasteiger partial charge on any atom is 0.221 e. The van der Waals surface area contributed by atoms with E-state index in [1.807, 2.05) is 6.92 Å². The third-order valence-electron chi connectivity index (χ3n) is 3.36. The first-order valence-corrected chi connectivity index (χ1v) is 5.96. The Labute approximate surface area is 103 Å². The van der Waals surface area contributed by atoms with E-state index in [0.29, 0.717) is 12.4 Å². The number of hydrogen-bond donors (Lipinski definition) is 2. The van der Waals surface area contributed by atoms with Crippen LogP contribution in [0.25, 0.3) is 0 Å². The Morgan fingerprint density at radius 1 is 1.35 bits per heavy atom. The van der Waals surface area contributed by atoms with Crippen molar-refractivity contribution >= 4 is 5.82 Å². The first kappa shape index (κ1) is 13.7. The molecule has 96 valence electrons. The highest BCUT2D eigenvalue weighted by atomic mass is 16.5. The summed E-state index contributed by atoms with van der Waals surface area (Å²) in [4.78, 5) is 8.32. The van der Waals surface area contributed by atoms with Crippen molar-refractivity contribution in [2.75, 3.05) is 19.0 Å². The second kappa shape index (κ2) is 5.82. The van der Waals surface area contributed by atoms with Gasteiger partial charge in [0, 0.05) is 6.54 Å². The number of nitrogens with two attached hydrogens (primary N) is 1. The van der Waals surface area contributed by atoms with Gasteiger partial charge in [-0.25, -0.2) is 9.97 Å². The molecule has 0 atom stereocenters. The molecule has 1 aromatic heterocycles. The van der Waals surface area contributed by atoms with Crippen LogP contribution in [0.5, 0.6) is 5.88 Å². The van der Waals surface area contributed by atoms with Crippen LogP contribution in [-0.2, 0) is 0 Å². The van der Waals surface area contributed by atoms with Gasteiger partial charge in [-0.1, -0.05) is 13.8 Å². The number of ether oxygens (including phenoxy) is 1. The maximum atomic E-state index is 5.86. The number of nitrogens with one attached hydrogen (secondary N) is 1. The van der Waals surface area contributed by atoms with Gasteiger partial charge < -0.3 is 15.8 Å². The minimum absolute atomic E-state index is 0.107. The zero-order valence-electron chi connectivity index (χ0n) is 11.1. The maximum absolute atomic E-state index is 5.86. The minimum Gasteiger partial charge on any atom is -0.481 e. The fourth-order valence-electron chi connectivity index (χ4n) is 1.78. The number of rotatable bonds is 6. The van der Waals surface area contributed by atoms with E-state index in [4.69, 9.17) is 10.5 Å². The van der Waals surface area contributed by atoms with E-state index in [1.165, 1.54) is 6.33 Å². The minimum atomic E-state index is -0.107. The molecule has 17 heavy (non-hydrogen) atoms. The lowest BCUT2D eigenvalue weighted by atomic mass is 9.93. The van der Waals surface area contributed by atoms with Crippen molar-refractivity contribution in [2.24, 2.45) is 5.73 Å². The van der Waals surface area contributed by atoms with E-state index >= 15 is 0 Å². The molecule has 0 aliphatic rings. The molecule has 1 rings (SSSR count). The van der Waals surface area contributed by atoms with Crippen LogP contribution in [0.15, 0.2) is 6.33 Å². The summed E-state index contributed by atoms with van der Waals surface area (Å²) >= 11 is 0. The van der Waals surface area contributed by atoms with Crippen molar-refractivity contribution in [2.45, 2.75) is 39.2 Å². The van der Waals surface area contributed by atoms with Crippen LogP contribution in [0.2, 0.25) is 0 Å². The van der Waals surface area contributed by atoms with Crippen LogP contribution in [0.1, 0.15) is 32.3 Å². The van der Waals surface area contributed by atoms with Crippen molar-refractivity contribution in [3.63, 3.8) is 0 Å². The van der Waals surface area contributed by atoms with E-state index in [0.717, 1.165) is 24.2 Å². The molecule has 1 heterocycles. The number of anilines is 1. The van der Waals surface area contributed by atoms with Gasteiger partial charge in [-0.2, -0.15) is 0 Å². The topological polar surface area (TPSA) is 73.1 Å². The van der Waals surface area contributed by atoms with Gasteiger partial charge in [-0.15, -0.1) is 0 Å². The van der Waals surface area contributed by atoms with E-state index in [9.17, 15) is 0 Å². The second-order valence-corrected chi connectivity index (χ2v) is 4.17. The molecule has 0 aliphatic carbocycles. The van der Waals surface area contributed by atoms with Gasteiger partial charge in [0.15, 0.2) is 0 Å². The first-order chi connectivity index (χ1) is 8.12. The largest absolute Gasteiger partial charge is 0.481 e. The molecule has 0 spiro atoms. The lowest BCUT2D eigenvalue weighted by Gasteiger charge is -2.32. The number of nitrogens with zero attached hydrogens (tertiary/aromatic N) is 2. The van der Waals surface area contributed by atoms with E-state index < -0.39 is 0 Å². The summed E-state index contributed by atoms with van der Waals surface area (Å²) in [6, 6.07) is 0. The third kappa shape index (κ3) is 2.85. The lowest BCUT2D eigenvalue weighted by Crippen LogP contribution is -2.44. The number of methoxy groups -OCH3 is 1. The van der Waals surface area contributed by atoms with Gasteiger partial charge >= 0.3 is 0 Å². The van der Waals surface area contributed by atoms with Crippen LogP contribution in [0.4, 0.5) is 5.82 Å². The van der Waals surface area contributed by atoms with Crippen molar-refractivity contribution in [3.8, 4) is 5.88 Å². The summed E-state index contributed by atoms with van der Waals surface area (Å²) in [6.07, 6.45) is 3.40. The molecular formula is C12H22N4O. The Balaban J connectivity index is 3.01. The molecule has 0 unspecified atom stereocenters. The van der Waals surface area contributed by atoms with Crippen molar-refractivity contribution in [1.82, 2.24) is 9.97 Å². The molecule has 0 fully saturated rings. The summed E-state index contributed by atoms with van der Waals surface area (Å²) in [5.74, 6) is 1.40. The molecule has 5 nitrogen and oxygen atoms in total. The van der Waals surface area contributed by atoms with Crippen molar-refractivity contribution < 1.29 is 4.74 Å². The zero-order valence-corrected chi connectivity index (χ0v) is 11.1. The van der Waals surface area contributed by atoms with E-state index in [-0.39, 0.29) is 5.54 Å². The van der Waals surface area contributed by atoms with Crippen molar-refractivity contribution in [3.05, 3.63) is 11.9 Å². The molecule has 3 N–H and O–H groups in total. The van der Waals surface area contributed by atoms with Gasteiger partial charge in [0.25, 0.3) is 0 Å². The lowest BCUT2D eigenvalue weighted by molar-refractivity contribution is 0.392. The van der Waals surface area contributed by atoms with E-state index in [1.54, 1.807) is 7.11 Å². The quantitative estimate of drug-likeness (QED) is 0.789. The molecule has 0 aliphatic heterocycles. The third-order valence-corrected chi connectivity index (χ3v) is 3.36. The summed E-state index contributed by atoms with van der Waals surface area (Å²) in [6.45, 7) is 6.76. The highest BCUT2D eigenvalue weighted by molar-refractivity contribution is 5.49. The van der Waals surface area contributed by atoms with Gasteiger partial charge in [0.2, 0.25) is 5.88 Å². The smallest absolute Gasteiger partial charge is 0.221 e. The molecule has 0 bridgehead atoms. The zero-order chi connectivity index (χ0) is 12.9. The monoisotopic (exact) mass is 238 g/mol. The van der Waals surface area contributed by atoms with Crippen LogP contribution < -0.4 is 15.8 Å². The molecule has 0 radical (unpaired) electrons. The average Bonchev–Trinajstić information content (AvgIpc) is 2.38. The Bertz CT molecular complexity index is 355. The predicted molar refractivity (Wildman–Crippen MR) is 69.3 cm³/mol. The SMILES string of the molecule is CCC(CC)(CN)Nc1ncnc(OC)c1C. The predicted octanol–water partition coefficient (Wildman–Crippen LogP) is 1.72. The van der Waals surface area contributed by atoms with Gasteiger partial charge in [0.1, 0.15) is 12.1 Å². The van der Waals surface area contributed by atoms with E-state index in [2.05, 4.69) is 29.1 Å². The molecular weight excluding hydrogens is 216 g/mol. The Morgan fingerprint density at radius 3 is 2.47 bits per heavy atom. The highest BCUT2D eigenvalue weighted by Gasteiger charge is 2.25. The number of aromatic nitrogens is 2. The Kier molecular flexibility index (Phi) is 4.69. The summed E-state index contributed by atoms with van der Waals surface area (Å²) < 4.78 is 5.18. The molecule has 0 saturated carbocycles. The van der Waals surface area contributed by atoms with Gasteiger partial charge in [-0.05, 0) is 19.8 Å². The fraction of sp³-hybridized carbons (Fsp3) is 0.667. The second-order valence-electron chi connectivity index (χ2n) is 4.17. The molecule has 0 amide bonds. The summed E-state index contributed by atoms with van der Waals surface area (Å²) in [5.41, 5.74) is 6.66. The molecule has 5 heteroatoms.